The van der Waals surface area contributed by atoms with Gasteiger partial charge in [0.2, 0.25) is 0 Å². The zero-order chi connectivity index (χ0) is 15.1. The highest BCUT2D eigenvalue weighted by Gasteiger charge is 2.05. The number of carbonyl (C=O) groups is 1. The summed E-state index contributed by atoms with van der Waals surface area (Å²) >= 11 is 0. The molecule has 2 aromatic rings. The van der Waals surface area contributed by atoms with Gasteiger partial charge in [-0.3, -0.25) is 4.79 Å². The number of amides is 1. The van der Waals surface area contributed by atoms with Gasteiger partial charge in [0.05, 0.1) is 6.61 Å². The third kappa shape index (κ3) is 4.25. The van der Waals surface area contributed by atoms with Crippen molar-refractivity contribution < 1.29 is 9.90 Å². The van der Waals surface area contributed by atoms with Gasteiger partial charge in [-0.15, -0.1) is 10.2 Å². The van der Waals surface area contributed by atoms with Crippen molar-refractivity contribution in [3.8, 4) is 0 Å². The maximum absolute atomic E-state index is 11.3. The topological polar surface area (TPSA) is 87.1 Å². The van der Waals surface area contributed by atoms with Crippen LogP contribution in [0.3, 0.4) is 0 Å². The molecule has 0 spiro atoms. The molecule has 110 valence electrons. The number of rotatable bonds is 6. The molecule has 1 aromatic heterocycles. The van der Waals surface area contributed by atoms with Gasteiger partial charge in [0.25, 0.3) is 5.91 Å². The summed E-state index contributed by atoms with van der Waals surface area (Å²) in [4.78, 5) is 11.3. The molecular weight excluding hydrogens is 268 g/mol. The van der Waals surface area contributed by atoms with Crippen LogP contribution in [-0.2, 0) is 13.0 Å². The number of aliphatic hydroxyl groups excluding tert-OH is 1. The van der Waals surface area contributed by atoms with E-state index in [0.29, 0.717) is 18.1 Å². The van der Waals surface area contributed by atoms with E-state index in [1.165, 1.54) is 5.56 Å². The molecule has 0 aliphatic rings. The summed E-state index contributed by atoms with van der Waals surface area (Å²) in [5.74, 6) is 0.382. The Kier molecular flexibility index (Phi) is 5.22. The fourth-order valence-corrected chi connectivity index (χ4v) is 1.82. The minimum atomic E-state index is -0.252. The van der Waals surface area contributed by atoms with Gasteiger partial charge in [-0.1, -0.05) is 24.3 Å². The predicted molar refractivity (Wildman–Crippen MR) is 80.0 cm³/mol. The van der Waals surface area contributed by atoms with Crippen molar-refractivity contribution in [2.75, 3.05) is 18.9 Å². The van der Waals surface area contributed by atoms with Crippen LogP contribution in [-0.4, -0.2) is 34.8 Å². The Hall–Kier alpha value is -2.47. The summed E-state index contributed by atoms with van der Waals surface area (Å²) in [5, 5.41) is 22.4. The first-order chi connectivity index (χ1) is 10.2. The Bertz CT molecular complexity index is 582. The molecule has 0 fully saturated rings. The first-order valence-electron chi connectivity index (χ1n) is 6.71. The molecule has 1 heterocycles. The Labute approximate surface area is 123 Å². The number of aliphatic hydroxyl groups is 1. The van der Waals surface area contributed by atoms with Gasteiger partial charge < -0.3 is 15.7 Å². The zero-order valence-electron chi connectivity index (χ0n) is 11.8. The van der Waals surface area contributed by atoms with Crippen LogP contribution >= 0.6 is 0 Å². The van der Waals surface area contributed by atoms with Crippen molar-refractivity contribution in [2.24, 2.45) is 0 Å². The van der Waals surface area contributed by atoms with E-state index in [0.717, 1.165) is 12.0 Å². The van der Waals surface area contributed by atoms with E-state index in [1.807, 2.05) is 24.3 Å². The quantitative estimate of drug-likeness (QED) is 0.737. The van der Waals surface area contributed by atoms with Crippen LogP contribution in [0, 0.1) is 0 Å². The number of hydrogen-bond acceptors (Lipinski definition) is 5. The molecule has 21 heavy (non-hydrogen) atoms. The van der Waals surface area contributed by atoms with Crippen LogP contribution in [0.15, 0.2) is 36.4 Å². The fourth-order valence-electron chi connectivity index (χ4n) is 1.82. The van der Waals surface area contributed by atoms with E-state index >= 15 is 0 Å². The van der Waals surface area contributed by atoms with E-state index < -0.39 is 0 Å². The van der Waals surface area contributed by atoms with Crippen molar-refractivity contribution in [1.29, 1.82) is 0 Å². The lowest BCUT2D eigenvalue weighted by molar-refractivity contribution is 0.0957. The summed E-state index contributed by atoms with van der Waals surface area (Å²) in [7, 11) is 1.55. The molecule has 0 aliphatic heterocycles. The van der Waals surface area contributed by atoms with Gasteiger partial charge >= 0.3 is 0 Å². The molecule has 2 rings (SSSR count). The molecule has 1 amide bonds. The van der Waals surface area contributed by atoms with Crippen molar-refractivity contribution in [2.45, 2.75) is 13.0 Å². The van der Waals surface area contributed by atoms with Gasteiger partial charge in [-0.05, 0) is 29.7 Å². The first kappa shape index (κ1) is 14.9. The van der Waals surface area contributed by atoms with E-state index in [2.05, 4.69) is 20.8 Å². The van der Waals surface area contributed by atoms with E-state index in [9.17, 15) is 4.79 Å². The van der Waals surface area contributed by atoms with Crippen LogP contribution in [0.5, 0.6) is 0 Å². The number of aromatic nitrogens is 2. The maximum atomic E-state index is 11.3. The second-order valence-corrected chi connectivity index (χ2v) is 4.53. The van der Waals surface area contributed by atoms with Crippen LogP contribution < -0.4 is 10.6 Å². The highest BCUT2D eigenvalue weighted by Crippen LogP contribution is 2.06. The molecule has 0 saturated carbocycles. The monoisotopic (exact) mass is 286 g/mol. The number of nitrogens with zero attached hydrogens (tertiary/aromatic N) is 2. The Morgan fingerprint density at radius 2 is 1.81 bits per heavy atom. The van der Waals surface area contributed by atoms with Crippen molar-refractivity contribution in [1.82, 2.24) is 15.5 Å². The smallest absolute Gasteiger partial charge is 0.271 e. The summed E-state index contributed by atoms with van der Waals surface area (Å²) in [6.45, 7) is 0.776. The van der Waals surface area contributed by atoms with Gasteiger partial charge in [0, 0.05) is 13.6 Å². The number of hydrogen-bond donors (Lipinski definition) is 3. The van der Waals surface area contributed by atoms with Crippen molar-refractivity contribution >= 4 is 11.7 Å². The van der Waals surface area contributed by atoms with Gasteiger partial charge in [-0.25, -0.2) is 0 Å². The largest absolute Gasteiger partial charge is 0.392 e. The highest BCUT2D eigenvalue weighted by molar-refractivity contribution is 5.91. The molecule has 0 atom stereocenters. The Morgan fingerprint density at radius 3 is 2.38 bits per heavy atom. The van der Waals surface area contributed by atoms with Gasteiger partial charge in [0.1, 0.15) is 5.82 Å². The molecular formula is C15H18N4O2. The van der Waals surface area contributed by atoms with Crippen molar-refractivity contribution in [3.05, 3.63) is 53.2 Å². The lowest BCUT2D eigenvalue weighted by Gasteiger charge is -2.06. The standard InChI is InChI=1S/C15H18N4O2/c1-16-15(21)13-6-7-14(19-18-13)17-9-8-11-2-4-12(10-20)5-3-11/h2-7,20H,8-10H2,1H3,(H,16,21)(H,17,19). The van der Waals surface area contributed by atoms with E-state index in [1.54, 1.807) is 19.2 Å². The number of anilines is 1. The van der Waals surface area contributed by atoms with Crippen LogP contribution in [0.2, 0.25) is 0 Å². The third-order valence-electron chi connectivity index (χ3n) is 3.05. The molecule has 0 bridgehead atoms. The predicted octanol–water partition coefficient (Wildman–Crippen LogP) is 0.983. The second kappa shape index (κ2) is 7.35. The molecule has 0 unspecified atom stereocenters. The van der Waals surface area contributed by atoms with Crippen LogP contribution in [0.1, 0.15) is 21.6 Å². The van der Waals surface area contributed by atoms with E-state index in [4.69, 9.17) is 5.11 Å². The number of carbonyl (C=O) groups excluding carboxylic acids is 1. The molecule has 0 saturated heterocycles. The maximum Gasteiger partial charge on any atom is 0.271 e. The van der Waals surface area contributed by atoms with Gasteiger partial charge in [-0.2, -0.15) is 0 Å². The summed E-state index contributed by atoms with van der Waals surface area (Å²) in [6, 6.07) is 11.2. The third-order valence-corrected chi connectivity index (χ3v) is 3.05. The molecule has 0 radical (unpaired) electrons. The lowest BCUT2D eigenvalue weighted by Crippen LogP contribution is -2.20. The second-order valence-electron chi connectivity index (χ2n) is 4.53. The molecule has 6 nitrogen and oxygen atoms in total. The summed E-state index contributed by atoms with van der Waals surface area (Å²) < 4.78 is 0. The van der Waals surface area contributed by atoms with Crippen LogP contribution in [0.25, 0.3) is 0 Å². The van der Waals surface area contributed by atoms with Crippen molar-refractivity contribution in [3.63, 3.8) is 0 Å². The zero-order valence-corrected chi connectivity index (χ0v) is 11.8. The average Bonchev–Trinajstić information content (AvgIpc) is 2.55. The number of benzene rings is 1. The van der Waals surface area contributed by atoms with E-state index in [-0.39, 0.29) is 12.5 Å². The molecule has 6 heteroatoms. The SMILES string of the molecule is CNC(=O)c1ccc(NCCc2ccc(CO)cc2)nn1. The molecule has 3 N–H and O–H groups in total. The Morgan fingerprint density at radius 1 is 1.10 bits per heavy atom. The minimum absolute atomic E-state index is 0.0613. The molecule has 1 aromatic carbocycles. The lowest BCUT2D eigenvalue weighted by atomic mass is 10.1. The fraction of sp³-hybridized carbons (Fsp3) is 0.267. The minimum Gasteiger partial charge on any atom is -0.392 e. The highest BCUT2D eigenvalue weighted by atomic mass is 16.3. The summed E-state index contributed by atoms with van der Waals surface area (Å²) in [6.07, 6.45) is 0.838. The number of nitrogens with one attached hydrogen (secondary N) is 2. The average molecular weight is 286 g/mol. The normalized spacial score (nSPS) is 10.2. The Balaban J connectivity index is 1.83. The first-order valence-corrected chi connectivity index (χ1v) is 6.71. The summed E-state index contributed by atoms with van der Waals surface area (Å²) in [5.41, 5.74) is 2.37. The van der Waals surface area contributed by atoms with Gasteiger partial charge in [0.15, 0.2) is 5.69 Å². The molecule has 0 aliphatic carbocycles. The van der Waals surface area contributed by atoms with Crippen LogP contribution in [0.4, 0.5) is 5.82 Å².